The summed E-state index contributed by atoms with van der Waals surface area (Å²) in [4.78, 5) is 12.4. The predicted molar refractivity (Wildman–Crippen MR) is 66.4 cm³/mol. The molecule has 1 fully saturated rings. The van der Waals surface area contributed by atoms with Crippen molar-refractivity contribution in [3.63, 3.8) is 0 Å². The van der Waals surface area contributed by atoms with Crippen LogP contribution in [0.5, 0.6) is 0 Å². The monoisotopic (exact) mass is 216 g/mol. The first kappa shape index (κ1) is 11.4. The Labute approximate surface area is 97.9 Å². The van der Waals surface area contributed by atoms with E-state index in [0.717, 1.165) is 19.3 Å². The molecule has 86 valence electrons. The molecule has 1 heteroatoms. The summed E-state index contributed by atoms with van der Waals surface area (Å²) in [6, 6.07) is 10.3. The van der Waals surface area contributed by atoms with Crippen molar-refractivity contribution in [2.75, 3.05) is 0 Å². The second kappa shape index (κ2) is 4.40. The molecule has 1 nitrogen and oxygen atoms in total. The molecule has 0 amide bonds. The second-order valence-electron chi connectivity index (χ2n) is 5.32. The highest BCUT2D eigenvalue weighted by atomic mass is 16.1. The Balaban J connectivity index is 2.23. The molecule has 0 spiro atoms. The molecule has 1 aromatic carbocycles. The lowest BCUT2D eigenvalue weighted by atomic mass is 9.61. The van der Waals surface area contributed by atoms with Crippen molar-refractivity contribution in [3.05, 3.63) is 35.9 Å². The molecule has 2 rings (SSSR count). The fourth-order valence-corrected chi connectivity index (χ4v) is 2.58. The molecule has 16 heavy (non-hydrogen) atoms. The third kappa shape index (κ3) is 1.91. The normalized spacial score (nSPS) is 18.2. The van der Waals surface area contributed by atoms with Gasteiger partial charge in [-0.25, -0.2) is 0 Å². The van der Waals surface area contributed by atoms with E-state index in [1.807, 2.05) is 18.2 Å². The van der Waals surface area contributed by atoms with Crippen LogP contribution in [0, 0.1) is 5.92 Å². The van der Waals surface area contributed by atoms with E-state index in [-0.39, 0.29) is 5.41 Å². The minimum absolute atomic E-state index is 0.133. The largest absolute Gasteiger partial charge is 0.299 e. The Hall–Kier alpha value is -1.11. The molecule has 1 aliphatic rings. The molecule has 0 aromatic heterocycles. The van der Waals surface area contributed by atoms with Crippen LogP contribution in [0.15, 0.2) is 30.3 Å². The minimum Gasteiger partial charge on any atom is -0.299 e. The molecule has 1 aromatic rings. The predicted octanol–water partition coefficient (Wildman–Crippen LogP) is 3.72. The quantitative estimate of drug-likeness (QED) is 0.749. The van der Waals surface area contributed by atoms with E-state index in [9.17, 15) is 4.79 Å². The molecule has 1 saturated carbocycles. The zero-order chi connectivity index (χ0) is 11.6. The van der Waals surface area contributed by atoms with Crippen LogP contribution < -0.4 is 0 Å². The maximum atomic E-state index is 12.4. The molecule has 0 atom stereocenters. The van der Waals surface area contributed by atoms with E-state index >= 15 is 0 Å². The van der Waals surface area contributed by atoms with Gasteiger partial charge >= 0.3 is 0 Å². The number of ketones is 1. The smallest absolute Gasteiger partial charge is 0.143 e. The summed E-state index contributed by atoms with van der Waals surface area (Å²) in [7, 11) is 0. The molecular weight excluding hydrogens is 196 g/mol. The molecule has 0 unspecified atom stereocenters. The van der Waals surface area contributed by atoms with Gasteiger partial charge in [0.2, 0.25) is 0 Å². The first-order valence-electron chi connectivity index (χ1n) is 6.24. The number of rotatable bonds is 4. The summed E-state index contributed by atoms with van der Waals surface area (Å²) in [5.41, 5.74) is 1.10. The van der Waals surface area contributed by atoms with E-state index < -0.39 is 0 Å². The van der Waals surface area contributed by atoms with E-state index in [2.05, 4.69) is 26.0 Å². The zero-order valence-electron chi connectivity index (χ0n) is 10.2. The summed E-state index contributed by atoms with van der Waals surface area (Å²) in [6.45, 7) is 4.24. The van der Waals surface area contributed by atoms with Gasteiger partial charge in [0, 0.05) is 6.42 Å². The van der Waals surface area contributed by atoms with Crippen LogP contribution in [0.25, 0.3) is 0 Å². The molecule has 1 aliphatic carbocycles. The van der Waals surface area contributed by atoms with Gasteiger partial charge in [-0.3, -0.25) is 4.79 Å². The van der Waals surface area contributed by atoms with Crippen molar-refractivity contribution in [1.82, 2.24) is 0 Å². The topological polar surface area (TPSA) is 17.1 Å². The number of carbonyl (C=O) groups excluding carboxylic acids is 1. The maximum absolute atomic E-state index is 12.4. The van der Waals surface area contributed by atoms with Crippen molar-refractivity contribution >= 4 is 5.78 Å². The van der Waals surface area contributed by atoms with Gasteiger partial charge in [0.15, 0.2) is 0 Å². The van der Waals surface area contributed by atoms with Crippen LogP contribution in [-0.4, -0.2) is 5.78 Å². The number of hydrogen-bond donors (Lipinski definition) is 0. The molecule has 0 N–H and O–H groups in total. The number of hydrogen-bond acceptors (Lipinski definition) is 1. The molecule has 0 bridgehead atoms. The number of Topliss-reactive ketones (excluding diaryl/α,β-unsaturated/α-hetero) is 1. The van der Waals surface area contributed by atoms with E-state index in [4.69, 9.17) is 0 Å². The van der Waals surface area contributed by atoms with Gasteiger partial charge in [-0.2, -0.15) is 0 Å². The Bertz CT molecular complexity index is 360. The summed E-state index contributed by atoms with van der Waals surface area (Å²) in [5.74, 6) is 0.911. The highest BCUT2D eigenvalue weighted by molar-refractivity contribution is 5.91. The molecule has 0 radical (unpaired) electrons. The lowest BCUT2D eigenvalue weighted by Crippen LogP contribution is -2.42. The lowest BCUT2D eigenvalue weighted by molar-refractivity contribution is -0.128. The number of carbonyl (C=O) groups is 1. The van der Waals surface area contributed by atoms with Gasteiger partial charge < -0.3 is 0 Å². The number of benzene rings is 1. The Morgan fingerprint density at radius 2 is 1.88 bits per heavy atom. The van der Waals surface area contributed by atoms with Crippen molar-refractivity contribution in [3.8, 4) is 0 Å². The molecule has 0 heterocycles. The van der Waals surface area contributed by atoms with Gasteiger partial charge in [0.25, 0.3) is 0 Å². The molecule has 0 aliphatic heterocycles. The molecular formula is C15H20O. The van der Waals surface area contributed by atoms with Crippen LogP contribution in [0.3, 0.4) is 0 Å². The first-order valence-corrected chi connectivity index (χ1v) is 6.24. The van der Waals surface area contributed by atoms with Gasteiger partial charge in [0.05, 0.1) is 5.41 Å². The van der Waals surface area contributed by atoms with Crippen molar-refractivity contribution < 1.29 is 4.79 Å². The average molecular weight is 216 g/mol. The third-order valence-electron chi connectivity index (χ3n) is 3.66. The van der Waals surface area contributed by atoms with Gasteiger partial charge in [-0.1, -0.05) is 50.6 Å². The fourth-order valence-electron chi connectivity index (χ4n) is 2.58. The lowest BCUT2D eigenvalue weighted by Gasteiger charge is -2.41. The van der Waals surface area contributed by atoms with Crippen LogP contribution in [0.4, 0.5) is 0 Å². The summed E-state index contributed by atoms with van der Waals surface area (Å²) in [5, 5.41) is 0. The third-order valence-corrected chi connectivity index (χ3v) is 3.66. The van der Waals surface area contributed by atoms with E-state index in [1.54, 1.807) is 0 Å². The molecule has 0 saturated heterocycles. The van der Waals surface area contributed by atoms with Crippen LogP contribution in [0.1, 0.15) is 45.1 Å². The fraction of sp³-hybridized carbons (Fsp3) is 0.533. The Morgan fingerprint density at radius 1 is 1.25 bits per heavy atom. The first-order chi connectivity index (χ1) is 7.65. The summed E-state index contributed by atoms with van der Waals surface area (Å²) in [6.07, 6.45) is 4.00. The van der Waals surface area contributed by atoms with Crippen molar-refractivity contribution in [2.24, 2.45) is 5.92 Å². The van der Waals surface area contributed by atoms with Crippen molar-refractivity contribution in [2.45, 2.75) is 44.9 Å². The minimum atomic E-state index is -0.133. The van der Waals surface area contributed by atoms with Gasteiger partial charge in [0.1, 0.15) is 5.78 Å². The standard InChI is InChI=1S/C15H20O/c1-12(2)11-14(16)15(9-6-10-15)13-7-4-3-5-8-13/h3-5,7-8,12H,6,9-11H2,1-2H3. The summed E-state index contributed by atoms with van der Waals surface area (Å²) < 4.78 is 0. The highest BCUT2D eigenvalue weighted by Crippen LogP contribution is 2.45. The summed E-state index contributed by atoms with van der Waals surface area (Å²) >= 11 is 0. The maximum Gasteiger partial charge on any atom is 0.143 e. The second-order valence-corrected chi connectivity index (χ2v) is 5.32. The van der Waals surface area contributed by atoms with Gasteiger partial charge in [-0.05, 0) is 24.3 Å². The van der Waals surface area contributed by atoms with Crippen LogP contribution in [0.2, 0.25) is 0 Å². The average Bonchev–Trinajstić information content (AvgIpc) is 2.16. The van der Waals surface area contributed by atoms with E-state index in [1.165, 1.54) is 12.0 Å². The highest BCUT2D eigenvalue weighted by Gasteiger charge is 2.44. The van der Waals surface area contributed by atoms with Crippen LogP contribution in [-0.2, 0) is 10.2 Å². The van der Waals surface area contributed by atoms with E-state index in [0.29, 0.717) is 11.7 Å². The van der Waals surface area contributed by atoms with Gasteiger partial charge in [-0.15, -0.1) is 0 Å². The zero-order valence-corrected chi connectivity index (χ0v) is 10.2. The Morgan fingerprint density at radius 3 is 2.31 bits per heavy atom. The van der Waals surface area contributed by atoms with Crippen LogP contribution >= 0.6 is 0 Å². The SMILES string of the molecule is CC(C)CC(=O)C1(c2ccccc2)CCC1. The van der Waals surface area contributed by atoms with Crippen molar-refractivity contribution in [1.29, 1.82) is 0 Å². The Kier molecular flexibility index (Phi) is 3.13.